The normalized spacial score (nSPS) is 10.0. The molecule has 2 rings (SSSR count). The first-order valence-corrected chi connectivity index (χ1v) is 3.94. The molecule has 0 aliphatic rings. The molecule has 0 amide bonds. The lowest BCUT2D eigenvalue weighted by molar-refractivity contribution is -0.104. The molecule has 0 unspecified atom stereocenters. The molecule has 0 atom stereocenters. The van der Waals surface area contributed by atoms with E-state index in [0.29, 0.717) is 0 Å². The smallest absolute Gasteiger partial charge is 0.167 e. The zero-order chi connectivity index (χ0) is 8.39. The summed E-state index contributed by atoms with van der Waals surface area (Å²) in [6.07, 6.45) is 1.62. The van der Waals surface area contributed by atoms with Gasteiger partial charge in [0.05, 0.1) is 0 Å². The van der Waals surface area contributed by atoms with Crippen molar-refractivity contribution in [3.8, 4) is 0 Å². The quantitative estimate of drug-likeness (QED) is 0.596. The first kappa shape index (κ1) is 7.04. The topological polar surface area (TPSA) is 25.6 Å². The van der Waals surface area contributed by atoms with Crippen molar-refractivity contribution in [3.63, 3.8) is 0 Å². The molecule has 0 aliphatic carbocycles. The van der Waals surface area contributed by atoms with Crippen LogP contribution in [0.2, 0.25) is 0 Å². The molecule has 1 heteroatoms. The second kappa shape index (κ2) is 2.78. The summed E-state index contributed by atoms with van der Waals surface area (Å²) < 4.78 is 0. The molecule has 0 spiro atoms. The van der Waals surface area contributed by atoms with E-state index in [1.54, 1.807) is 6.21 Å². The van der Waals surface area contributed by atoms with E-state index >= 15 is 0 Å². The minimum absolute atomic E-state index is 1.06. The zero-order valence-electron chi connectivity index (χ0n) is 6.70. The molecular weight excluding hydrogens is 146 g/mol. The van der Waals surface area contributed by atoms with Crippen LogP contribution in [0.1, 0.15) is 5.56 Å². The monoisotopic (exact) mass is 156 g/mol. The van der Waals surface area contributed by atoms with Crippen molar-refractivity contribution in [2.45, 2.75) is 0 Å². The summed E-state index contributed by atoms with van der Waals surface area (Å²) in [5.74, 6) is 0. The highest BCUT2D eigenvalue weighted by Crippen LogP contribution is 2.13. The van der Waals surface area contributed by atoms with Crippen LogP contribution in [0, 0.1) is 0 Å². The van der Waals surface area contributed by atoms with Crippen molar-refractivity contribution in [3.05, 3.63) is 48.0 Å². The summed E-state index contributed by atoms with van der Waals surface area (Å²) in [5.41, 5.74) is 1.06. The predicted molar refractivity (Wildman–Crippen MR) is 51.0 cm³/mol. The molecule has 0 saturated carbocycles. The summed E-state index contributed by atoms with van der Waals surface area (Å²) in [6, 6.07) is 14.4. The molecule has 0 radical (unpaired) electrons. The third-order valence-corrected chi connectivity index (χ3v) is 1.97. The molecule has 0 saturated heterocycles. The van der Waals surface area contributed by atoms with Gasteiger partial charge in [0.25, 0.3) is 0 Å². The van der Waals surface area contributed by atoms with Crippen molar-refractivity contribution < 1.29 is 5.41 Å². The van der Waals surface area contributed by atoms with Crippen LogP contribution in [-0.2, 0) is 0 Å². The van der Waals surface area contributed by atoms with E-state index < -0.39 is 0 Å². The molecule has 0 heterocycles. The number of rotatable bonds is 1. The molecule has 0 aromatic heterocycles. The van der Waals surface area contributed by atoms with Gasteiger partial charge in [0.15, 0.2) is 6.21 Å². The van der Waals surface area contributed by atoms with E-state index in [1.807, 2.05) is 18.2 Å². The minimum Gasteiger partial charge on any atom is -0.260 e. The lowest BCUT2D eigenvalue weighted by Gasteiger charge is -1.95. The first-order chi connectivity index (χ1) is 5.90. The number of nitrogens with two attached hydrogens (primary N) is 1. The van der Waals surface area contributed by atoms with Crippen LogP contribution in [-0.4, -0.2) is 6.21 Å². The highest BCUT2D eigenvalue weighted by molar-refractivity contribution is 5.88. The van der Waals surface area contributed by atoms with E-state index in [-0.39, 0.29) is 0 Å². The van der Waals surface area contributed by atoms with Crippen LogP contribution in [0.4, 0.5) is 0 Å². The maximum atomic E-state index is 5.42. The largest absolute Gasteiger partial charge is 0.260 e. The molecule has 0 bridgehead atoms. The molecule has 12 heavy (non-hydrogen) atoms. The van der Waals surface area contributed by atoms with Gasteiger partial charge in [-0.25, -0.2) is 0 Å². The van der Waals surface area contributed by atoms with Gasteiger partial charge in [0, 0.05) is 5.56 Å². The Balaban J connectivity index is 2.75. The summed E-state index contributed by atoms with van der Waals surface area (Å²) >= 11 is 0. The Kier molecular flexibility index (Phi) is 1.63. The van der Waals surface area contributed by atoms with Gasteiger partial charge in [-0.3, -0.25) is 5.41 Å². The van der Waals surface area contributed by atoms with Crippen molar-refractivity contribution >= 4 is 17.0 Å². The second-order valence-electron chi connectivity index (χ2n) is 2.77. The van der Waals surface area contributed by atoms with E-state index in [9.17, 15) is 0 Å². The molecule has 0 fully saturated rings. The summed E-state index contributed by atoms with van der Waals surface area (Å²) in [5, 5.41) is 7.90. The fraction of sp³-hybridized carbons (Fsp3) is 0. The Hall–Kier alpha value is -1.63. The molecular formula is C11H10N+. The van der Waals surface area contributed by atoms with Crippen molar-refractivity contribution in [2.75, 3.05) is 0 Å². The average molecular weight is 156 g/mol. The lowest BCUT2D eigenvalue weighted by Crippen LogP contribution is -2.29. The summed E-state index contributed by atoms with van der Waals surface area (Å²) in [6.45, 7) is 0. The molecule has 0 aliphatic heterocycles. The van der Waals surface area contributed by atoms with Crippen molar-refractivity contribution in [1.82, 2.24) is 0 Å². The number of fused-ring (bicyclic) bond motifs is 1. The van der Waals surface area contributed by atoms with Crippen LogP contribution >= 0.6 is 0 Å². The summed E-state index contributed by atoms with van der Waals surface area (Å²) in [7, 11) is 0. The minimum atomic E-state index is 1.06. The second-order valence-corrected chi connectivity index (χ2v) is 2.77. The van der Waals surface area contributed by atoms with E-state index in [4.69, 9.17) is 5.41 Å². The predicted octanol–water partition coefficient (Wildman–Crippen LogP) is 1.02. The van der Waals surface area contributed by atoms with Crippen LogP contribution in [0.25, 0.3) is 10.8 Å². The molecule has 1 nitrogen and oxygen atoms in total. The fourth-order valence-corrected chi connectivity index (χ4v) is 1.31. The third kappa shape index (κ3) is 1.10. The maximum absolute atomic E-state index is 5.42. The Bertz CT molecular complexity index is 418. The highest BCUT2D eigenvalue weighted by Gasteiger charge is 1.93. The van der Waals surface area contributed by atoms with Gasteiger partial charge in [0.1, 0.15) is 0 Å². The van der Waals surface area contributed by atoms with Gasteiger partial charge in [-0.1, -0.05) is 30.3 Å². The van der Waals surface area contributed by atoms with Gasteiger partial charge in [-0.15, -0.1) is 0 Å². The standard InChI is InChI=1S/C11H9N/c12-8-9-5-6-10-3-1-2-4-11(10)7-9/h1-8,12H/p+1. The van der Waals surface area contributed by atoms with Gasteiger partial charge < -0.3 is 0 Å². The molecule has 2 aromatic rings. The van der Waals surface area contributed by atoms with Crippen molar-refractivity contribution in [2.24, 2.45) is 0 Å². The first-order valence-electron chi connectivity index (χ1n) is 3.94. The number of benzene rings is 2. The summed E-state index contributed by atoms with van der Waals surface area (Å²) in [4.78, 5) is 0. The Labute approximate surface area is 71.2 Å². The Morgan fingerprint density at radius 2 is 1.67 bits per heavy atom. The van der Waals surface area contributed by atoms with Crippen LogP contribution < -0.4 is 5.41 Å². The van der Waals surface area contributed by atoms with Gasteiger partial charge >= 0.3 is 0 Å². The van der Waals surface area contributed by atoms with Gasteiger partial charge in [-0.2, -0.15) is 0 Å². The van der Waals surface area contributed by atoms with Crippen LogP contribution in [0.3, 0.4) is 0 Å². The van der Waals surface area contributed by atoms with Gasteiger partial charge in [-0.05, 0) is 22.9 Å². The average Bonchev–Trinajstić information content (AvgIpc) is 2.17. The van der Waals surface area contributed by atoms with Gasteiger partial charge in [0.2, 0.25) is 0 Å². The Morgan fingerprint density at radius 3 is 2.42 bits per heavy atom. The number of hydrogen-bond donors (Lipinski definition) is 1. The molecule has 2 aromatic carbocycles. The zero-order valence-corrected chi connectivity index (χ0v) is 6.70. The van der Waals surface area contributed by atoms with E-state index in [1.165, 1.54) is 10.8 Å². The van der Waals surface area contributed by atoms with E-state index in [2.05, 4.69) is 24.3 Å². The maximum Gasteiger partial charge on any atom is 0.167 e. The Morgan fingerprint density at radius 1 is 0.917 bits per heavy atom. The van der Waals surface area contributed by atoms with Crippen LogP contribution in [0.15, 0.2) is 42.5 Å². The SMILES string of the molecule is [NH2+]=Cc1ccc2ccccc2c1. The fourth-order valence-electron chi connectivity index (χ4n) is 1.31. The third-order valence-electron chi connectivity index (χ3n) is 1.97. The number of hydrogen-bond acceptors (Lipinski definition) is 0. The molecule has 2 N–H and O–H groups in total. The van der Waals surface area contributed by atoms with Crippen LogP contribution in [0.5, 0.6) is 0 Å². The van der Waals surface area contributed by atoms with Crippen molar-refractivity contribution in [1.29, 1.82) is 0 Å². The lowest BCUT2D eigenvalue weighted by atomic mass is 10.1. The highest BCUT2D eigenvalue weighted by atomic mass is 14.3. The van der Waals surface area contributed by atoms with E-state index in [0.717, 1.165) is 5.56 Å². The molecule has 58 valence electrons.